The third kappa shape index (κ3) is 5.21. The Labute approximate surface area is 153 Å². The maximum absolute atomic E-state index is 12.9. The van der Waals surface area contributed by atoms with E-state index in [1.807, 2.05) is 0 Å². The van der Waals surface area contributed by atoms with Crippen LogP contribution in [0.25, 0.3) is 0 Å². The summed E-state index contributed by atoms with van der Waals surface area (Å²) in [5, 5.41) is 0. The highest BCUT2D eigenvalue weighted by molar-refractivity contribution is 5.80. The predicted molar refractivity (Wildman–Crippen MR) is 100 cm³/mol. The van der Waals surface area contributed by atoms with Gasteiger partial charge in [-0.3, -0.25) is 9.59 Å². The van der Waals surface area contributed by atoms with E-state index < -0.39 is 0 Å². The number of hydrogen-bond donors (Lipinski definition) is 0. The van der Waals surface area contributed by atoms with E-state index >= 15 is 0 Å². The molecule has 0 bridgehead atoms. The van der Waals surface area contributed by atoms with Gasteiger partial charge in [-0.25, -0.2) is 0 Å². The summed E-state index contributed by atoms with van der Waals surface area (Å²) in [7, 11) is 0. The summed E-state index contributed by atoms with van der Waals surface area (Å²) < 4.78 is 0. The summed E-state index contributed by atoms with van der Waals surface area (Å²) in [5.74, 6) is 1.22. The molecule has 0 spiro atoms. The lowest BCUT2D eigenvalue weighted by atomic mass is 9.98. The lowest BCUT2D eigenvalue weighted by molar-refractivity contribution is -0.138. The molecule has 0 atom stereocenters. The van der Waals surface area contributed by atoms with Gasteiger partial charge >= 0.3 is 0 Å². The Bertz CT molecular complexity index is 395. The molecule has 25 heavy (non-hydrogen) atoms. The van der Waals surface area contributed by atoms with Crippen LogP contribution in [0.3, 0.4) is 0 Å². The van der Waals surface area contributed by atoms with Gasteiger partial charge in [-0.05, 0) is 32.1 Å². The van der Waals surface area contributed by atoms with Crippen LogP contribution in [0, 0.1) is 11.8 Å². The molecule has 3 aliphatic rings. The van der Waals surface area contributed by atoms with E-state index in [0.29, 0.717) is 11.8 Å². The van der Waals surface area contributed by atoms with Gasteiger partial charge in [0, 0.05) is 38.0 Å². The maximum atomic E-state index is 12.9. The summed E-state index contributed by atoms with van der Waals surface area (Å²) in [4.78, 5) is 29.9. The molecule has 2 saturated carbocycles. The van der Waals surface area contributed by atoms with E-state index in [1.54, 1.807) is 0 Å². The first-order chi connectivity index (χ1) is 12.3. The minimum absolute atomic E-state index is 0.242. The molecule has 3 fully saturated rings. The van der Waals surface area contributed by atoms with E-state index in [0.717, 1.165) is 58.3 Å². The Morgan fingerprint density at radius 2 is 0.840 bits per heavy atom. The molecule has 0 aromatic carbocycles. The zero-order valence-electron chi connectivity index (χ0n) is 15.9. The lowest BCUT2D eigenvalue weighted by Gasteiger charge is -2.27. The van der Waals surface area contributed by atoms with Crippen molar-refractivity contribution in [2.24, 2.45) is 11.8 Å². The molecule has 0 unspecified atom stereocenters. The summed E-state index contributed by atoms with van der Waals surface area (Å²) in [6.07, 6.45) is 15.2. The first kappa shape index (κ1) is 18.7. The van der Waals surface area contributed by atoms with Gasteiger partial charge in [-0.1, -0.05) is 51.4 Å². The number of hydrogen-bond acceptors (Lipinski definition) is 2. The number of nitrogens with zero attached hydrogens (tertiary/aromatic N) is 2. The lowest BCUT2D eigenvalue weighted by Crippen LogP contribution is -2.41. The summed E-state index contributed by atoms with van der Waals surface area (Å²) >= 11 is 0. The van der Waals surface area contributed by atoms with Crippen molar-refractivity contribution in [3.63, 3.8) is 0 Å². The van der Waals surface area contributed by atoms with Gasteiger partial charge in [0.2, 0.25) is 11.8 Å². The van der Waals surface area contributed by atoms with E-state index in [-0.39, 0.29) is 11.8 Å². The predicted octanol–water partition coefficient (Wildman–Crippen LogP) is 3.99. The molecular formula is C21H36N2O2. The second kappa shape index (κ2) is 9.59. The van der Waals surface area contributed by atoms with Crippen LogP contribution in [-0.2, 0) is 9.59 Å². The highest BCUT2D eigenvalue weighted by atomic mass is 16.2. The number of amides is 2. The van der Waals surface area contributed by atoms with Crippen LogP contribution in [0.2, 0.25) is 0 Å². The van der Waals surface area contributed by atoms with Gasteiger partial charge in [0.25, 0.3) is 0 Å². The van der Waals surface area contributed by atoms with Crippen LogP contribution in [0.1, 0.15) is 83.5 Å². The fourth-order valence-electron chi connectivity index (χ4n) is 4.93. The Morgan fingerprint density at radius 1 is 0.480 bits per heavy atom. The topological polar surface area (TPSA) is 40.6 Å². The van der Waals surface area contributed by atoms with Gasteiger partial charge < -0.3 is 9.80 Å². The second-order valence-electron chi connectivity index (χ2n) is 8.38. The molecule has 0 radical (unpaired) electrons. The Balaban J connectivity index is 1.52. The van der Waals surface area contributed by atoms with Crippen molar-refractivity contribution in [3.8, 4) is 0 Å². The van der Waals surface area contributed by atoms with Gasteiger partial charge in [0.15, 0.2) is 0 Å². The zero-order valence-corrected chi connectivity index (χ0v) is 15.9. The molecule has 1 aliphatic heterocycles. The van der Waals surface area contributed by atoms with E-state index in [4.69, 9.17) is 0 Å². The van der Waals surface area contributed by atoms with Crippen LogP contribution in [0.5, 0.6) is 0 Å². The van der Waals surface area contributed by atoms with Crippen LogP contribution in [0.4, 0.5) is 0 Å². The number of rotatable bonds is 2. The van der Waals surface area contributed by atoms with Crippen molar-refractivity contribution in [1.82, 2.24) is 9.80 Å². The molecule has 1 saturated heterocycles. The number of carbonyl (C=O) groups excluding carboxylic acids is 2. The third-order valence-corrected chi connectivity index (χ3v) is 6.53. The molecule has 0 aromatic heterocycles. The normalized spacial score (nSPS) is 25.1. The summed E-state index contributed by atoms with van der Waals surface area (Å²) in [6, 6.07) is 0. The van der Waals surface area contributed by atoms with Crippen LogP contribution < -0.4 is 0 Å². The highest BCUT2D eigenvalue weighted by Gasteiger charge is 2.30. The average molecular weight is 349 g/mol. The maximum Gasteiger partial charge on any atom is 0.225 e. The van der Waals surface area contributed by atoms with Gasteiger partial charge in [0.05, 0.1) is 0 Å². The zero-order chi connectivity index (χ0) is 17.5. The number of carbonyl (C=O) groups is 2. The average Bonchev–Trinajstić information content (AvgIpc) is 3.14. The largest absolute Gasteiger partial charge is 0.341 e. The molecular weight excluding hydrogens is 312 g/mol. The van der Waals surface area contributed by atoms with Crippen LogP contribution in [-0.4, -0.2) is 47.8 Å². The van der Waals surface area contributed by atoms with Gasteiger partial charge in [-0.2, -0.15) is 0 Å². The minimum Gasteiger partial charge on any atom is -0.341 e. The summed E-state index contributed by atoms with van der Waals surface area (Å²) in [6.45, 7) is 3.16. The van der Waals surface area contributed by atoms with Crippen LogP contribution in [0.15, 0.2) is 0 Å². The molecule has 3 rings (SSSR count). The van der Waals surface area contributed by atoms with Crippen molar-refractivity contribution in [3.05, 3.63) is 0 Å². The Morgan fingerprint density at radius 3 is 1.20 bits per heavy atom. The quantitative estimate of drug-likeness (QED) is 0.708. The monoisotopic (exact) mass is 348 g/mol. The van der Waals surface area contributed by atoms with Gasteiger partial charge in [-0.15, -0.1) is 0 Å². The molecule has 142 valence electrons. The molecule has 0 aromatic rings. The van der Waals surface area contributed by atoms with E-state index in [9.17, 15) is 9.59 Å². The standard InChI is InChI=1S/C21H36N2O2/c24-20(18-10-5-1-2-6-11-18)22-14-9-15-23(17-16-22)21(25)19-12-7-3-4-8-13-19/h18-19H,1-17H2. The highest BCUT2D eigenvalue weighted by Crippen LogP contribution is 2.27. The molecule has 1 heterocycles. The van der Waals surface area contributed by atoms with Crippen molar-refractivity contribution < 1.29 is 9.59 Å². The van der Waals surface area contributed by atoms with Crippen molar-refractivity contribution in [2.45, 2.75) is 83.5 Å². The van der Waals surface area contributed by atoms with Crippen molar-refractivity contribution in [1.29, 1.82) is 0 Å². The molecule has 2 amide bonds. The van der Waals surface area contributed by atoms with Crippen molar-refractivity contribution in [2.75, 3.05) is 26.2 Å². The van der Waals surface area contributed by atoms with E-state index in [2.05, 4.69) is 9.80 Å². The fourth-order valence-corrected chi connectivity index (χ4v) is 4.93. The third-order valence-electron chi connectivity index (χ3n) is 6.53. The molecule has 2 aliphatic carbocycles. The Hall–Kier alpha value is -1.06. The molecule has 4 nitrogen and oxygen atoms in total. The SMILES string of the molecule is O=C(C1CCCCCC1)N1CCCN(C(=O)C2CCCCCC2)CC1. The van der Waals surface area contributed by atoms with Crippen LogP contribution >= 0.6 is 0 Å². The minimum atomic E-state index is 0.242. The fraction of sp³-hybridized carbons (Fsp3) is 0.905. The van der Waals surface area contributed by atoms with Gasteiger partial charge in [0.1, 0.15) is 0 Å². The Kier molecular flexibility index (Phi) is 7.18. The van der Waals surface area contributed by atoms with E-state index in [1.165, 1.54) is 51.4 Å². The molecule has 0 N–H and O–H groups in total. The van der Waals surface area contributed by atoms with Crippen molar-refractivity contribution >= 4 is 11.8 Å². The first-order valence-corrected chi connectivity index (χ1v) is 10.8. The first-order valence-electron chi connectivity index (χ1n) is 10.8. The summed E-state index contributed by atoms with van der Waals surface area (Å²) in [5.41, 5.74) is 0. The second-order valence-corrected chi connectivity index (χ2v) is 8.38. The molecule has 4 heteroatoms. The smallest absolute Gasteiger partial charge is 0.225 e.